The van der Waals surface area contributed by atoms with Gasteiger partial charge in [0, 0.05) is 12.1 Å². The van der Waals surface area contributed by atoms with Gasteiger partial charge in [0.2, 0.25) is 0 Å². The van der Waals surface area contributed by atoms with Crippen LogP contribution in [0.5, 0.6) is 5.75 Å². The van der Waals surface area contributed by atoms with Crippen LogP contribution in [0.4, 0.5) is 5.13 Å². The number of para-hydroxylation sites is 1. The molecular formula is C17H15N5O2S. The van der Waals surface area contributed by atoms with Crippen LogP contribution in [-0.2, 0) is 6.54 Å². The summed E-state index contributed by atoms with van der Waals surface area (Å²) in [5.41, 5.74) is 2.86. The summed E-state index contributed by atoms with van der Waals surface area (Å²) in [5, 5.41) is 11.5. The predicted molar refractivity (Wildman–Crippen MR) is 97.3 cm³/mol. The molecule has 0 aliphatic heterocycles. The number of nitrogens with zero attached hydrogens (tertiary/aromatic N) is 4. The van der Waals surface area contributed by atoms with Gasteiger partial charge in [-0.05, 0) is 37.3 Å². The van der Waals surface area contributed by atoms with Crippen LogP contribution < -0.4 is 10.1 Å². The van der Waals surface area contributed by atoms with Crippen molar-refractivity contribution < 1.29 is 9.53 Å². The van der Waals surface area contributed by atoms with Crippen LogP contribution in [0.3, 0.4) is 0 Å². The monoisotopic (exact) mass is 353 g/mol. The Morgan fingerprint density at radius 2 is 2.20 bits per heavy atom. The maximum absolute atomic E-state index is 12.5. The number of carbonyl (C=O) groups is 1. The molecule has 0 aliphatic carbocycles. The Morgan fingerprint density at radius 1 is 1.32 bits per heavy atom. The van der Waals surface area contributed by atoms with Crippen LogP contribution in [0.15, 0.2) is 36.4 Å². The van der Waals surface area contributed by atoms with E-state index in [-0.39, 0.29) is 5.91 Å². The Morgan fingerprint density at radius 3 is 3.00 bits per heavy atom. The van der Waals surface area contributed by atoms with Crippen LogP contribution >= 0.6 is 11.3 Å². The number of ether oxygens (including phenoxy) is 1. The lowest BCUT2D eigenvalue weighted by atomic mass is 10.2. The van der Waals surface area contributed by atoms with E-state index in [0.717, 1.165) is 22.3 Å². The van der Waals surface area contributed by atoms with Gasteiger partial charge >= 0.3 is 0 Å². The molecule has 0 radical (unpaired) electrons. The van der Waals surface area contributed by atoms with E-state index in [1.165, 1.54) is 11.3 Å². The van der Waals surface area contributed by atoms with E-state index >= 15 is 0 Å². The van der Waals surface area contributed by atoms with Crippen molar-refractivity contribution in [3.05, 3.63) is 42.0 Å². The molecule has 2 heterocycles. The second-order valence-corrected chi connectivity index (χ2v) is 6.42. The van der Waals surface area contributed by atoms with Gasteiger partial charge in [0.15, 0.2) is 5.13 Å². The summed E-state index contributed by atoms with van der Waals surface area (Å²) in [4.78, 5) is 17.0. The first-order valence-corrected chi connectivity index (χ1v) is 8.59. The van der Waals surface area contributed by atoms with Crippen molar-refractivity contribution >= 4 is 43.6 Å². The van der Waals surface area contributed by atoms with Crippen molar-refractivity contribution in [3.8, 4) is 5.75 Å². The molecule has 0 fully saturated rings. The van der Waals surface area contributed by atoms with Gasteiger partial charge < -0.3 is 4.74 Å². The third kappa shape index (κ3) is 2.70. The lowest BCUT2D eigenvalue weighted by Gasteiger charge is -2.02. The lowest BCUT2D eigenvalue weighted by Crippen LogP contribution is -2.11. The second kappa shape index (κ2) is 6.14. The minimum absolute atomic E-state index is 0.231. The summed E-state index contributed by atoms with van der Waals surface area (Å²) < 4.78 is 8.05. The fourth-order valence-corrected chi connectivity index (χ4v) is 3.54. The van der Waals surface area contributed by atoms with Crippen LogP contribution in [0.2, 0.25) is 0 Å². The summed E-state index contributed by atoms with van der Waals surface area (Å²) in [7, 11) is 1.60. The summed E-state index contributed by atoms with van der Waals surface area (Å²) >= 11 is 1.41. The molecule has 0 aliphatic rings. The molecule has 0 saturated carbocycles. The highest BCUT2D eigenvalue weighted by molar-refractivity contribution is 7.22. The van der Waals surface area contributed by atoms with E-state index in [2.05, 4.69) is 20.6 Å². The molecule has 2 aromatic heterocycles. The van der Waals surface area contributed by atoms with E-state index in [9.17, 15) is 4.79 Å². The standard InChI is InChI=1S/C17H15N5O2S/c1-3-22-12-8-7-10(9-11(12)20-21-22)16(23)19-17-18-15-13(24-2)5-4-6-14(15)25-17/h4-9H,3H2,1-2H3,(H,18,19,23). The molecule has 1 amide bonds. The van der Waals surface area contributed by atoms with Crippen molar-refractivity contribution in [3.63, 3.8) is 0 Å². The van der Waals surface area contributed by atoms with Crippen molar-refractivity contribution in [2.24, 2.45) is 0 Å². The number of fused-ring (bicyclic) bond motifs is 2. The quantitative estimate of drug-likeness (QED) is 0.608. The molecule has 2 aromatic carbocycles. The Bertz CT molecular complexity index is 1090. The number of thiazole rings is 1. The number of amides is 1. The Balaban J connectivity index is 1.63. The zero-order chi connectivity index (χ0) is 17.4. The third-order valence-electron chi connectivity index (χ3n) is 3.90. The maximum atomic E-state index is 12.5. The molecule has 1 N–H and O–H groups in total. The van der Waals surface area contributed by atoms with Crippen molar-refractivity contribution in [1.29, 1.82) is 0 Å². The minimum Gasteiger partial charge on any atom is -0.494 e. The average Bonchev–Trinajstić information content (AvgIpc) is 3.23. The summed E-state index contributed by atoms with van der Waals surface area (Å²) in [6.45, 7) is 2.73. The number of nitrogens with one attached hydrogen (secondary N) is 1. The van der Waals surface area contributed by atoms with Crippen molar-refractivity contribution in [1.82, 2.24) is 20.0 Å². The number of rotatable bonds is 4. The predicted octanol–water partition coefficient (Wildman–Crippen LogP) is 3.32. The SMILES string of the molecule is CCn1nnc2cc(C(=O)Nc3nc4c(OC)cccc4s3)ccc21. The van der Waals surface area contributed by atoms with Gasteiger partial charge in [-0.2, -0.15) is 0 Å². The normalized spacial score (nSPS) is 11.1. The van der Waals surface area contributed by atoms with Gasteiger partial charge in [0.05, 0.1) is 17.3 Å². The van der Waals surface area contributed by atoms with Crippen LogP contribution in [0.25, 0.3) is 21.3 Å². The number of anilines is 1. The highest BCUT2D eigenvalue weighted by Crippen LogP contribution is 2.32. The van der Waals surface area contributed by atoms with Gasteiger partial charge in [-0.25, -0.2) is 9.67 Å². The largest absolute Gasteiger partial charge is 0.494 e. The van der Waals surface area contributed by atoms with Gasteiger partial charge in [-0.15, -0.1) is 5.10 Å². The smallest absolute Gasteiger partial charge is 0.257 e. The Kier molecular flexibility index (Phi) is 3.81. The van der Waals surface area contributed by atoms with Gasteiger partial charge in [0.1, 0.15) is 16.8 Å². The fourth-order valence-electron chi connectivity index (χ4n) is 2.66. The first-order chi connectivity index (χ1) is 12.2. The first kappa shape index (κ1) is 15.5. The van der Waals surface area contributed by atoms with E-state index in [4.69, 9.17) is 4.74 Å². The molecule has 0 bridgehead atoms. The zero-order valence-electron chi connectivity index (χ0n) is 13.7. The number of hydrogen-bond donors (Lipinski definition) is 1. The Labute approximate surface area is 147 Å². The third-order valence-corrected chi connectivity index (χ3v) is 4.83. The first-order valence-electron chi connectivity index (χ1n) is 7.77. The molecule has 0 atom stereocenters. The fraction of sp³-hybridized carbons (Fsp3) is 0.176. The number of carbonyl (C=O) groups excluding carboxylic acids is 1. The number of aromatic nitrogens is 4. The molecule has 4 aromatic rings. The highest BCUT2D eigenvalue weighted by atomic mass is 32.1. The Hall–Kier alpha value is -3.00. The molecule has 126 valence electrons. The summed E-state index contributed by atoms with van der Waals surface area (Å²) in [5.74, 6) is 0.456. The molecule has 0 saturated heterocycles. The van der Waals surface area contributed by atoms with E-state index in [1.807, 2.05) is 31.2 Å². The molecule has 0 spiro atoms. The van der Waals surface area contributed by atoms with Gasteiger partial charge in [0.25, 0.3) is 5.91 Å². The number of aryl methyl sites for hydroxylation is 1. The maximum Gasteiger partial charge on any atom is 0.257 e. The number of benzene rings is 2. The zero-order valence-corrected chi connectivity index (χ0v) is 14.5. The van der Waals surface area contributed by atoms with Gasteiger partial charge in [-0.1, -0.05) is 22.6 Å². The summed E-state index contributed by atoms with van der Waals surface area (Å²) in [6, 6.07) is 11.0. The minimum atomic E-state index is -0.231. The molecule has 0 unspecified atom stereocenters. The van der Waals surface area contributed by atoms with Gasteiger partial charge in [-0.3, -0.25) is 10.1 Å². The van der Waals surface area contributed by atoms with Crippen LogP contribution in [0.1, 0.15) is 17.3 Å². The highest BCUT2D eigenvalue weighted by Gasteiger charge is 2.14. The van der Waals surface area contributed by atoms with Crippen LogP contribution in [0, 0.1) is 0 Å². The number of methoxy groups -OCH3 is 1. The number of hydrogen-bond acceptors (Lipinski definition) is 6. The molecule has 7 nitrogen and oxygen atoms in total. The second-order valence-electron chi connectivity index (χ2n) is 5.39. The molecular weight excluding hydrogens is 338 g/mol. The topological polar surface area (TPSA) is 81.9 Å². The molecule has 8 heteroatoms. The van der Waals surface area contributed by atoms with E-state index in [0.29, 0.717) is 22.0 Å². The van der Waals surface area contributed by atoms with Crippen molar-refractivity contribution in [2.75, 3.05) is 12.4 Å². The average molecular weight is 353 g/mol. The van der Waals surface area contributed by atoms with Crippen LogP contribution in [-0.4, -0.2) is 33.0 Å². The molecule has 25 heavy (non-hydrogen) atoms. The molecule has 4 rings (SSSR count). The van der Waals surface area contributed by atoms with E-state index < -0.39 is 0 Å². The van der Waals surface area contributed by atoms with E-state index in [1.54, 1.807) is 23.9 Å². The summed E-state index contributed by atoms with van der Waals surface area (Å²) in [6.07, 6.45) is 0. The lowest BCUT2D eigenvalue weighted by molar-refractivity contribution is 0.102. The van der Waals surface area contributed by atoms with Crippen molar-refractivity contribution in [2.45, 2.75) is 13.5 Å².